The summed E-state index contributed by atoms with van der Waals surface area (Å²) in [5.74, 6) is 0.0755. The maximum atomic E-state index is 12.0. The second kappa shape index (κ2) is 6.96. The van der Waals surface area contributed by atoms with Gasteiger partial charge in [-0.25, -0.2) is 4.79 Å². The fourth-order valence-electron chi connectivity index (χ4n) is 2.57. The van der Waals surface area contributed by atoms with Crippen molar-refractivity contribution >= 4 is 22.0 Å². The van der Waals surface area contributed by atoms with E-state index in [9.17, 15) is 9.90 Å². The standard InChI is InChI=1S/C16H23BrN2O3/c1-16(2,3)22-15(21)19-5-4-12(10-19)14(20)7-11-6-13(17)9-18-8-11/h6,8-9,12,14,20H,4-5,7,10H2,1-3H3. The minimum atomic E-state index is -0.490. The Kier molecular flexibility index (Phi) is 5.45. The first-order valence-electron chi connectivity index (χ1n) is 7.50. The van der Waals surface area contributed by atoms with Crippen LogP contribution in [0.1, 0.15) is 32.8 Å². The molecule has 0 aliphatic carbocycles. The highest BCUT2D eigenvalue weighted by Gasteiger charge is 2.33. The topological polar surface area (TPSA) is 62.7 Å². The molecule has 0 saturated carbocycles. The fourth-order valence-corrected chi connectivity index (χ4v) is 2.98. The van der Waals surface area contributed by atoms with Crippen LogP contribution in [0, 0.1) is 5.92 Å². The van der Waals surface area contributed by atoms with Gasteiger partial charge in [-0.15, -0.1) is 0 Å². The molecule has 2 unspecified atom stereocenters. The Labute approximate surface area is 139 Å². The molecule has 22 heavy (non-hydrogen) atoms. The molecule has 1 saturated heterocycles. The quantitative estimate of drug-likeness (QED) is 0.887. The molecule has 2 heterocycles. The van der Waals surface area contributed by atoms with Crippen molar-refractivity contribution in [2.75, 3.05) is 13.1 Å². The number of ether oxygens (including phenoxy) is 1. The minimum Gasteiger partial charge on any atom is -0.444 e. The summed E-state index contributed by atoms with van der Waals surface area (Å²) in [5, 5.41) is 10.4. The molecule has 1 amide bonds. The number of carbonyl (C=O) groups excluding carboxylic acids is 1. The van der Waals surface area contributed by atoms with Gasteiger partial charge in [-0.3, -0.25) is 4.98 Å². The van der Waals surface area contributed by atoms with Crippen LogP contribution in [-0.4, -0.2) is 45.9 Å². The SMILES string of the molecule is CC(C)(C)OC(=O)N1CCC(C(O)Cc2cncc(Br)c2)C1. The number of carbonyl (C=O) groups is 1. The van der Waals surface area contributed by atoms with Crippen LogP contribution in [0.2, 0.25) is 0 Å². The number of likely N-dealkylation sites (tertiary alicyclic amines) is 1. The van der Waals surface area contributed by atoms with E-state index in [1.807, 2.05) is 26.8 Å². The van der Waals surface area contributed by atoms with Gasteiger partial charge in [0.25, 0.3) is 0 Å². The second-order valence-corrected chi connectivity index (χ2v) is 7.67. The van der Waals surface area contributed by atoms with Crippen molar-refractivity contribution in [3.8, 4) is 0 Å². The third-order valence-electron chi connectivity index (χ3n) is 3.63. The van der Waals surface area contributed by atoms with Gasteiger partial charge in [-0.05, 0) is 54.8 Å². The third kappa shape index (κ3) is 4.95. The summed E-state index contributed by atoms with van der Waals surface area (Å²) < 4.78 is 6.27. The van der Waals surface area contributed by atoms with Crippen molar-refractivity contribution < 1.29 is 14.6 Å². The van der Waals surface area contributed by atoms with Crippen molar-refractivity contribution in [1.29, 1.82) is 0 Å². The molecule has 2 rings (SSSR count). The molecule has 5 nitrogen and oxygen atoms in total. The molecule has 0 spiro atoms. The average Bonchev–Trinajstić information content (AvgIpc) is 2.86. The Balaban J connectivity index is 1.88. The molecule has 1 aromatic rings. The van der Waals surface area contributed by atoms with Gasteiger partial charge in [0.2, 0.25) is 0 Å². The van der Waals surface area contributed by atoms with Crippen LogP contribution in [0.25, 0.3) is 0 Å². The Bertz CT molecular complexity index is 530. The zero-order chi connectivity index (χ0) is 16.3. The molecule has 0 aromatic carbocycles. The van der Waals surface area contributed by atoms with Crippen LogP contribution < -0.4 is 0 Å². The third-order valence-corrected chi connectivity index (χ3v) is 4.06. The van der Waals surface area contributed by atoms with Gasteiger partial charge in [0.15, 0.2) is 0 Å². The minimum absolute atomic E-state index is 0.0755. The van der Waals surface area contributed by atoms with Crippen LogP contribution in [0.15, 0.2) is 22.9 Å². The molecular weight excluding hydrogens is 348 g/mol. The van der Waals surface area contributed by atoms with E-state index < -0.39 is 11.7 Å². The summed E-state index contributed by atoms with van der Waals surface area (Å²) in [5.41, 5.74) is 0.494. The smallest absolute Gasteiger partial charge is 0.410 e. The number of aliphatic hydroxyl groups excluding tert-OH is 1. The Morgan fingerprint density at radius 1 is 1.55 bits per heavy atom. The van der Waals surface area contributed by atoms with Crippen LogP contribution in [0.3, 0.4) is 0 Å². The van der Waals surface area contributed by atoms with E-state index in [1.54, 1.807) is 17.3 Å². The normalized spacial score (nSPS) is 20.0. The number of rotatable bonds is 3. The number of aliphatic hydroxyl groups is 1. The monoisotopic (exact) mass is 370 g/mol. The molecule has 1 N–H and O–H groups in total. The predicted octanol–water partition coefficient (Wildman–Crippen LogP) is 3.00. The van der Waals surface area contributed by atoms with Crippen LogP contribution in [-0.2, 0) is 11.2 Å². The first kappa shape index (κ1) is 17.2. The summed E-state index contributed by atoms with van der Waals surface area (Å²) in [7, 11) is 0. The van der Waals surface area contributed by atoms with E-state index in [0.29, 0.717) is 19.5 Å². The van der Waals surface area contributed by atoms with Gasteiger partial charge < -0.3 is 14.7 Å². The largest absolute Gasteiger partial charge is 0.444 e. The predicted molar refractivity (Wildman–Crippen MR) is 87.6 cm³/mol. The number of pyridine rings is 1. The highest BCUT2D eigenvalue weighted by Crippen LogP contribution is 2.24. The Morgan fingerprint density at radius 3 is 2.91 bits per heavy atom. The summed E-state index contributed by atoms with van der Waals surface area (Å²) in [6.07, 6.45) is 4.03. The number of amides is 1. The number of aromatic nitrogens is 1. The van der Waals surface area contributed by atoms with Gasteiger partial charge >= 0.3 is 6.09 Å². The molecule has 2 atom stereocenters. The zero-order valence-corrected chi connectivity index (χ0v) is 14.8. The molecule has 1 aliphatic heterocycles. The molecule has 1 aromatic heterocycles. The van der Waals surface area contributed by atoms with E-state index in [2.05, 4.69) is 20.9 Å². The Hall–Kier alpha value is -1.14. The summed E-state index contributed by atoms with van der Waals surface area (Å²) >= 11 is 3.38. The molecule has 0 bridgehead atoms. The van der Waals surface area contributed by atoms with E-state index in [1.165, 1.54) is 0 Å². The van der Waals surface area contributed by atoms with Crippen LogP contribution >= 0.6 is 15.9 Å². The summed E-state index contributed by atoms with van der Waals surface area (Å²) in [6, 6.07) is 1.96. The van der Waals surface area contributed by atoms with Gasteiger partial charge in [-0.1, -0.05) is 0 Å². The van der Waals surface area contributed by atoms with Gasteiger partial charge in [0, 0.05) is 42.3 Å². The summed E-state index contributed by atoms with van der Waals surface area (Å²) in [6.45, 7) is 6.74. The van der Waals surface area contributed by atoms with Crippen molar-refractivity contribution in [2.24, 2.45) is 5.92 Å². The van der Waals surface area contributed by atoms with E-state index in [0.717, 1.165) is 16.5 Å². The maximum absolute atomic E-state index is 12.0. The van der Waals surface area contributed by atoms with Gasteiger partial charge in [-0.2, -0.15) is 0 Å². The lowest BCUT2D eigenvalue weighted by atomic mass is 9.96. The van der Waals surface area contributed by atoms with E-state index in [4.69, 9.17) is 4.74 Å². The van der Waals surface area contributed by atoms with Gasteiger partial charge in [0.1, 0.15) is 5.60 Å². The van der Waals surface area contributed by atoms with Crippen LogP contribution in [0.5, 0.6) is 0 Å². The first-order chi connectivity index (χ1) is 10.2. The van der Waals surface area contributed by atoms with Crippen molar-refractivity contribution in [3.05, 3.63) is 28.5 Å². The van der Waals surface area contributed by atoms with Crippen molar-refractivity contribution in [2.45, 2.75) is 45.3 Å². The zero-order valence-electron chi connectivity index (χ0n) is 13.3. The highest BCUT2D eigenvalue weighted by molar-refractivity contribution is 9.10. The number of halogens is 1. The fraction of sp³-hybridized carbons (Fsp3) is 0.625. The average molecular weight is 371 g/mol. The lowest BCUT2D eigenvalue weighted by Gasteiger charge is -2.25. The second-order valence-electron chi connectivity index (χ2n) is 6.76. The number of hydrogen-bond acceptors (Lipinski definition) is 4. The number of hydrogen-bond donors (Lipinski definition) is 1. The molecule has 122 valence electrons. The van der Waals surface area contributed by atoms with Crippen LogP contribution in [0.4, 0.5) is 4.79 Å². The van der Waals surface area contributed by atoms with Crippen molar-refractivity contribution in [1.82, 2.24) is 9.88 Å². The molecule has 6 heteroatoms. The molecular formula is C16H23BrN2O3. The van der Waals surface area contributed by atoms with E-state index >= 15 is 0 Å². The maximum Gasteiger partial charge on any atom is 0.410 e. The van der Waals surface area contributed by atoms with E-state index in [-0.39, 0.29) is 12.0 Å². The number of nitrogens with zero attached hydrogens (tertiary/aromatic N) is 2. The first-order valence-corrected chi connectivity index (χ1v) is 8.29. The molecule has 1 fully saturated rings. The summed E-state index contributed by atoms with van der Waals surface area (Å²) in [4.78, 5) is 17.8. The lowest BCUT2D eigenvalue weighted by Crippen LogP contribution is -2.36. The van der Waals surface area contributed by atoms with Gasteiger partial charge in [0.05, 0.1) is 6.10 Å². The van der Waals surface area contributed by atoms with Crippen molar-refractivity contribution in [3.63, 3.8) is 0 Å². The lowest BCUT2D eigenvalue weighted by molar-refractivity contribution is 0.0269. The molecule has 0 radical (unpaired) electrons. The Morgan fingerprint density at radius 2 is 2.27 bits per heavy atom. The molecule has 1 aliphatic rings. The highest BCUT2D eigenvalue weighted by atomic mass is 79.9.